The number of rotatable bonds is 9. The smallest absolute Gasteiger partial charge is 0.185 e. The Labute approximate surface area is 390 Å². The first-order chi connectivity index (χ1) is 32.3. The van der Waals surface area contributed by atoms with Gasteiger partial charge in [-0.25, -0.2) is 0 Å². The maximum atomic E-state index is 9.52. The summed E-state index contributed by atoms with van der Waals surface area (Å²) in [7, 11) is 0. The highest BCUT2D eigenvalue weighted by Crippen LogP contribution is 2.39. The van der Waals surface area contributed by atoms with Crippen LogP contribution < -0.4 is 0 Å². The second-order valence-corrected chi connectivity index (χ2v) is 16.0. The van der Waals surface area contributed by atoms with Crippen LogP contribution in [0, 0.1) is 16.2 Å². The molecule has 6 aromatic carbocycles. The zero-order valence-corrected chi connectivity index (χ0v) is 39.5. The van der Waals surface area contributed by atoms with Gasteiger partial charge in [-0.3, -0.25) is 0 Å². The third-order valence-corrected chi connectivity index (χ3v) is 11.5. The predicted octanol–water partition coefficient (Wildman–Crippen LogP) is 8.65. The van der Waals surface area contributed by atoms with E-state index in [0.29, 0.717) is 13.2 Å². The number of benzene rings is 6. The molecule has 0 aromatic heterocycles. The average Bonchev–Trinajstić information content (AvgIpc) is 3.42. The molecule has 3 aliphatic heterocycles. The molecule has 3 aliphatic rings. The van der Waals surface area contributed by atoms with Gasteiger partial charge in [-0.15, -0.1) is 0 Å². The maximum absolute atomic E-state index is 9.52. The van der Waals surface area contributed by atoms with Gasteiger partial charge in [-0.05, 0) is 38.4 Å². The highest BCUT2D eigenvalue weighted by Gasteiger charge is 2.39. The van der Waals surface area contributed by atoms with Crippen LogP contribution in [0.5, 0.6) is 0 Å². The molecule has 0 bridgehead atoms. The Morgan fingerprint density at radius 2 is 0.697 bits per heavy atom. The van der Waals surface area contributed by atoms with Gasteiger partial charge in [-0.2, -0.15) is 0 Å². The van der Waals surface area contributed by atoms with Gasteiger partial charge in [0.1, 0.15) is 0 Å². The standard InChI is InChI=1S/C20H20O4.C16H18O4.C12H16O4.3C2H6/c21-10-20(11-22)12-23-19(24-13-20)18-16-7-3-1-5-14(16)9-15-6-2-4-8-17(15)18;17-8-16(9-18)10-19-15(20-11-16)14-7-3-5-12-4-1-2-6-13(12)14;13-6-12(7-14)8-15-11(16-9-12)10-4-2-1-3-5-10;3*1-2/h1-9,19,21-22H,10-13H2;1-7,15,17-18H,8-11H2;1-5,11,13-14H,6-9H2;3*1-2H3. The maximum Gasteiger partial charge on any atom is 0.185 e. The first-order valence-corrected chi connectivity index (χ1v) is 23.1. The molecule has 0 radical (unpaired) electrons. The summed E-state index contributed by atoms with van der Waals surface area (Å²) in [6.07, 6.45) is -1.35. The Morgan fingerprint density at radius 1 is 0.364 bits per heavy atom. The zero-order chi connectivity index (χ0) is 48.0. The van der Waals surface area contributed by atoms with Gasteiger partial charge < -0.3 is 59.1 Å². The molecule has 6 aromatic rings. The second-order valence-electron chi connectivity index (χ2n) is 16.0. The van der Waals surface area contributed by atoms with Gasteiger partial charge in [0.15, 0.2) is 18.9 Å². The van der Waals surface area contributed by atoms with Gasteiger partial charge in [0, 0.05) is 16.7 Å². The molecule has 3 saturated heterocycles. The zero-order valence-electron chi connectivity index (χ0n) is 39.5. The van der Waals surface area contributed by atoms with E-state index in [1.165, 1.54) is 0 Å². The fourth-order valence-electron chi connectivity index (χ4n) is 7.39. The summed E-state index contributed by atoms with van der Waals surface area (Å²) >= 11 is 0. The lowest BCUT2D eigenvalue weighted by atomic mass is 9.90. The quantitative estimate of drug-likeness (QED) is 0.0763. The Hall–Kier alpha value is -4.38. The van der Waals surface area contributed by atoms with Crippen LogP contribution in [0.25, 0.3) is 32.3 Å². The molecule has 360 valence electrons. The fraction of sp³-hybridized carbons (Fsp3) is 0.444. The Kier molecular flexibility index (Phi) is 22.5. The molecule has 9 rings (SSSR count). The Morgan fingerprint density at radius 3 is 1.12 bits per heavy atom. The van der Waals surface area contributed by atoms with Gasteiger partial charge in [0.25, 0.3) is 0 Å². The summed E-state index contributed by atoms with van der Waals surface area (Å²) in [5, 5.41) is 62.8. The fourth-order valence-corrected chi connectivity index (χ4v) is 7.39. The number of ether oxygens (including phenoxy) is 6. The lowest BCUT2D eigenvalue weighted by Gasteiger charge is -2.38. The van der Waals surface area contributed by atoms with Crippen molar-refractivity contribution in [1.29, 1.82) is 0 Å². The lowest BCUT2D eigenvalue weighted by Crippen LogP contribution is -2.44. The SMILES string of the molecule is CC.CC.CC.OCC1(CO)COC(c2c3ccccc3cc3ccccc23)OC1.OCC1(CO)COC(c2cccc3ccccc23)OC1.OCC1(CO)COC(c2ccccc2)OC1. The lowest BCUT2D eigenvalue weighted by molar-refractivity contribution is -0.248. The average molecular weight is 913 g/mol. The summed E-state index contributed by atoms with van der Waals surface area (Å²) in [5.41, 5.74) is 0.858. The van der Waals surface area contributed by atoms with Gasteiger partial charge in [0.05, 0.1) is 95.5 Å². The summed E-state index contributed by atoms with van der Waals surface area (Å²) in [6, 6.07) is 42.2. The topological polar surface area (TPSA) is 177 Å². The first-order valence-electron chi connectivity index (χ1n) is 23.1. The number of hydrogen-bond acceptors (Lipinski definition) is 12. The molecule has 0 spiro atoms. The van der Waals surface area contributed by atoms with Crippen LogP contribution in [0.15, 0.2) is 127 Å². The molecule has 12 heteroatoms. The third-order valence-electron chi connectivity index (χ3n) is 11.5. The van der Waals surface area contributed by atoms with Gasteiger partial charge >= 0.3 is 0 Å². The largest absolute Gasteiger partial charge is 0.396 e. The molecule has 0 aliphatic carbocycles. The van der Waals surface area contributed by atoms with Crippen LogP contribution in [0.1, 0.15) is 77.1 Å². The monoisotopic (exact) mass is 913 g/mol. The van der Waals surface area contributed by atoms with E-state index in [1.54, 1.807) is 0 Å². The van der Waals surface area contributed by atoms with E-state index >= 15 is 0 Å². The Balaban J connectivity index is 0.000000208. The van der Waals surface area contributed by atoms with Crippen LogP contribution in [0.2, 0.25) is 0 Å². The van der Waals surface area contributed by atoms with Crippen molar-refractivity contribution in [3.63, 3.8) is 0 Å². The second kappa shape index (κ2) is 27.4. The molecule has 3 fully saturated rings. The highest BCUT2D eigenvalue weighted by molar-refractivity contribution is 6.02. The van der Waals surface area contributed by atoms with Crippen molar-refractivity contribution < 1.29 is 59.1 Å². The molecular formula is C54H72O12. The number of hydrogen-bond donors (Lipinski definition) is 6. The minimum absolute atomic E-state index is 0.134. The van der Waals surface area contributed by atoms with Gasteiger partial charge in [0.2, 0.25) is 0 Å². The molecule has 0 unspecified atom stereocenters. The normalized spacial score (nSPS) is 17.8. The van der Waals surface area contributed by atoms with E-state index in [9.17, 15) is 30.6 Å². The van der Waals surface area contributed by atoms with E-state index in [1.807, 2.05) is 139 Å². The summed E-state index contributed by atoms with van der Waals surface area (Å²) in [5.74, 6) is 0. The third kappa shape index (κ3) is 13.2. The minimum Gasteiger partial charge on any atom is -0.396 e. The van der Waals surface area contributed by atoms with Crippen molar-refractivity contribution in [3.05, 3.63) is 144 Å². The highest BCUT2D eigenvalue weighted by atomic mass is 16.7. The van der Waals surface area contributed by atoms with Crippen molar-refractivity contribution in [2.75, 3.05) is 79.3 Å². The molecule has 6 N–H and O–H groups in total. The van der Waals surface area contributed by atoms with Crippen LogP contribution in [-0.4, -0.2) is 110 Å². The summed E-state index contributed by atoms with van der Waals surface area (Å²) in [4.78, 5) is 0. The molecule has 12 nitrogen and oxygen atoms in total. The van der Waals surface area contributed by atoms with Crippen molar-refractivity contribution >= 4 is 32.3 Å². The van der Waals surface area contributed by atoms with Crippen LogP contribution in [-0.2, 0) is 28.4 Å². The van der Waals surface area contributed by atoms with E-state index in [0.717, 1.165) is 49.0 Å². The van der Waals surface area contributed by atoms with Crippen LogP contribution in [0.4, 0.5) is 0 Å². The number of fused-ring (bicyclic) bond motifs is 3. The van der Waals surface area contributed by atoms with Crippen molar-refractivity contribution in [2.24, 2.45) is 16.2 Å². The molecule has 0 amide bonds. The van der Waals surface area contributed by atoms with Crippen molar-refractivity contribution in [2.45, 2.75) is 60.4 Å². The van der Waals surface area contributed by atoms with Gasteiger partial charge in [-0.1, -0.05) is 163 Å². The van der Waals surface area contributed by atoms with E-state index in [2.05, 4.69) is 30.3 Å². The van der Waals surface area contributed by atoms with E-state index in [-0.39, 0.29) is 66.1 Å². The van der Waals surface area contributed by atoms with E-state index in [4.69, 9.17) is 28.4 Å². The molecule has 3 heterocycles. The minimum atomic E-state index is -0.725. The van der Waals surface area contributed by atoms with Crippen LogP contribution >= 0.6 is 0 Å². The van der Waals surface area contributed by atoms with Crippen LogP contribution in [0.3, 0.4) is 0 Å². The molecule has 66 heavy (non-hydrogen) atoms. The number of aliphatic hydroxyl groups is 6. The summed E-state index contributed by atoms with van der Waals surface area (Å²) < 4.78 is 34.4. The van der Waals surface area contributed by atoms with Crippen molar-refractivity contribution in [3.8, 4) is 0 Å². The molecule has 0 atom stereocenters. The molecule has 0 saturated carbocycles. The number of aliphatic hydroxyl groups excluding tert-OH is 6. The summed E-state index contributed by atoms with van der Waals surface area (Å²) in [6.45, 7) is 12.8. The van der Waals surface area contributed by atoms with E-state index < -0.39 is 35.1 Å². The predicted molar refractivity (Wildman–Crippen MR) is 260 cm³/mol. The molecular weight excluding hydrogens is 841 g/mol. The first kappa shape index (κ1) is 54.2. The van der Waals surface area contributed by atoms with Crippen molar-refractivity contribution in [1.82, 2.24) is 0 Å². The Bertz CT molecular complexity index is 2180.